The lowest BCUT2D eigenvalue weighted by Gasteiger charge is -2.15. The van der Waals surface area contributed by atoms with Crippen LogP contribution in [-0.2, 0) is 9.53 Å². The summed E-state index contributed by atoms with van der Waals surface area (Å²) in [5.74, 6) is 0.235. The van der Waals surface area contributed by atoms with Gasteiger partial charge in [0.25, 0.3) is 5.91 Å². The van der Waals surface area contributed by atoms with E-state index in [-0.39, 0.29) is 12.0 Å². The third-order valence-electron chi connectivity index (χ3n) is 3.03. The van der Waals surface area contributed by atoms with E-state index in [1.807, 2.05) is 32.0 Å². The van der Waals surface area contributed by atoms with Crippen molar-refractivity contribution in [3.05, 3.63) is 28.2 Å². The Morgan fingerprint density at radius 2 is 2.29 bits per heavy atom. The normalized spacial score (nSPS) is 23.7. The molecule has 0 spiro atoms. The highest BCUT2D eigenvalue weighted by atomic mass is 79.9. The summed E-state index contributed by atoms with van der Waals surface area (Å²) in [6.45, 7) is 4.73. The van der Waals surface area contributed by atoms with Gasteiger partial charge in [-0.2, -0.15) is 0 Å². The third kappa shape index (κ3) is 2.87. The van der Waals surface area contributed by atoms with Crippen molar-refractivity contribution in [1.29, 1.82) is 0 Å². The van der Waals surface area contributed by atoms with Gasteiger partial charge in [0, 0.05) is 11.1 Å². The molecule has 0 saturated carbocycles. The summed E-state index contributed by atoms with van der Waals surface area (Å²) < 4.78 is 6.33. The molecule has 92 valence electrons. The SMILES string of the molecule is Cc1ccc(NC(=O)C2OCCC2C)c(Br)c1. The van der Waals surface area contributed by atoms with Gasteiger partial charge in [0.1, 0.15) is 6.10 Å². The Balaban J connectivity index is 2.07. The first-order valence-corrected chi connectivity index (χ1v) is 6.56. The number of hydrogen-bond acceptors (Lipinski definition) is 2. The van der Waals surface area contributed by atoms with E-state index in [1.165, 1.54) is 0 Å². The summed E-state index contributed by atoms with van der Waals surface area (Å²) in [6, 6.07) is 5.85. The van der Waals surface area contributed by atoms with Gasteiger partial charge >= 0.3 is 0 Å². The number of ether oxygens (including phenoxy) is 1. The topological polar surface area (TPSA) is 38.3 Å². The first kappa shape index (κ1) is 12.6. The molecule has 2 rings (SSSR count). The molecule has 1 aromatic rings. The maximum Gasteiger partial charge on any atom is 0.253 e. The van der Waals surface area contributed by atoms with Crippen LogP contribution in [0.15, 0.2) is 22.7 Å². The molecule has 0 aromatic heterocycles. The predicted octanol–water partition coefficient (Wildman–Crippen LogP) is 3.12. The van der Waals surface area contributed by atoms with Crippen molar-refractivity contribution in [1.82, 2.24) is 0 Å². The van der Waals surface area contributed by atoms with E-state index in [2.05, 4.69) is 21.2 Å². The van der Waals surface area contributed by atoms with Gasteiger partial charge in [0.15, 0.2) is 0 Å². The van der Waals surface area contributed by atoms with E-state index in [1.54, 1.807) is 0 Å². The number of anilines is 1. The summed E-state index contributed by atoms with van der Waals surface area (Å²) in [7, 11) is 0. The van der Waals surface area contributed by atoms with Crippen molar-refractivity contribution in [2.24, 2.45) is 5.92 Å². The maximum atomic E-state index is 12.0. The largest absolute Gasteiger partial charge is 0.368 e. The van der Waals surface area contributed by atoms with Crippen LogP contribution < -0.4 is 5.32 Å². The van der Waals surface area contributed by atoms with Gasteiger partial charge in [0.2, 0.25) is 0 Å². The molecule has 1 saturated heterocycles. The summed E-state index contributed by atoms with van der Waals surface area (Å²) in [4.78, 5) is 12.0. The molecule has 1 aliphatic heterocycles. The highest BCUT2D eigenvalue weighted by Crippen LogP contribution is 2.26. The minimum Gasteiger partial charge on any atom is -0.368 e. The zero-order valence-corrected chi connectivity index (χ0v) is 11.6. The number of rotatable bonds is 2. The fourth-order valence-electron chi connectivity index (χ4n) is 1.96. The van der Waals surface area contributed by atoms with E-state index in [4.69, 9.17) is 4.74 Å². The number of benzene rings is 1. The fraction of sp³-hybridized carbons (Fsp3) is 0.462. The minimum absolute atomic E-state index is 0.0560. The van der Waals surface area contributed by atoms with Crippen LogP contribution >= 0.6 is 15.9 Å². The van der Waals surface area contributed by atoms with Crippen LogP contribution in [-0.4, -0.2) is 18.6 Å². The minimum atomic E-state index is -0.316. The molecule has 1 aliphatic rings. The van der Waals surface area contributed by atoms with Gasteiger partial charge < -0.3 is 10.1 Å². The first-order chi connectivity index (χ1) is 8.08. The number of aryl methyl sites for hydroxylation is 1. The molecule has 3 nitrogen and oxygen atoms in total. The molecule has 0 aliphatic carbocycles. The Bertz CT molecular complexity index is 433. The lowest BCUT2D eigenvalue weighted by Crippen LogP contribution is -2.31. The molecule has 17 heavy (non-hydrogen) atoms. The molecule has 1 aromatic carbocycles. The van der Waals surface area contributed by atoms with Gasteiger partial charge in [0.05, 0.1) is 5.69 Å². The van der Waals surface area contributed by atoms with Crippen LogP contribution in [0, 0.1) is 12.8 Å². The van der Waals surface area contributed by atoms with E-state index in [0.717, 1.165) is 22.1 Å². The molecule has 2 atom stereocenters. The molecule has 0 bridgehead atoms. The first-order valence-electron chi connectivity index (χ1n) is 5.76. The second-order valence-corrected chi connectivity index (χ2v) is 5.38. The molecule has 1 amide bonds. The molecule has 1 fully saturated rings. The molecular weight excluding hydrogens is 282 g/mol. The predicted molar refractivity (Wildman–Crippen MR) is 71.0 cm³/mol. The Morgan fingerprint density at radius 1 is 1.53 bits per heavy atom. The fourth-order valence-corrected chi connectivity index (χ4v) is 2.55. The number of amides is 1. The van der Waals surface area contributed by atoms with Crippen molar-refractivity contribution in [2.45, 2.75) is 26.4 Å². The number of hydrogen-bond donors (Lipinski definition) is 1. The standard InChI is InChI=1S/C13H16BrNO2/c1-8-3-4-11(10(14)7-8)15-13(16)12-9(2)5-6-17-12/h3-4,7,9,12H,5-6H2,1-2H3,(H,15,16). The van der Waals surface area contributed by atoms with Gasteiger partial charge in [-0.25, -0.2) is 0 Å². The maximum absolute atomic E-state index is 12.0. The second-order valence-electron chi connectivity index (χ2n) is 4.53. The van der Waals surface area contributed by atoms with Crippen molar-refractivity contribution < 1.29 is 9.53 Å². The summed E-state index contributed by atoms with van der Waals surface area (Å²) >= 11 is 3.44. The molecule has 4 heteroatoms. The molecule has 1 N–H and O–H groups in total. The summed E-state index contributed by atoms with van der Waals surface area (Å²) in [5, 5.41) is 2.90. The summed E-state index contributed by atoms with van der Waals surface area (Å²) in [5.41, 5.74) is 1.95. The Morgan fingerprint density at radius 3 is 2.88 bits per heavy atom. The van der Waals surface area contributed by atoms with Crippen LogP contribution in [0.25, 0.3) is 0 Å². The van der Waals surface area contributed by atoms with Crippen LogP contribution in [0.5, 0.6) is 0 Å². The van der Waals surface area contributed by atoms with Crippen LogP contribution in [0.4, 0.5) is 5.69 Å². The number of carbonyl (C=O) groups excluding carboxylic acids is 1. The highest BCUT2D eigenvalue weighted by molar-refractivity contribution is 9.10. The monoisotopic (exact) mass is 297 g/mol. The smallest absolute Gasteiger partial charge is 0.253 e. The van der Waals surface area contributed by atoms with E-state index >= 15 is 0 Å². The zero-order chi connectivity index (χ0) is 12.4. The van der Waals surface area contributed by atoms with Crippen molar-refractivity contribution in [2.75, 3.05) is 11.9 Å². The Hall–Kier alpha value is -0.870. The lowest BCUT2D eigenvalue weighted by atomic mass is 10.0. The van der Waals surface area contributed by atoms with E-state index in [0.29, 0.717) is 12.5 Å². The lowest BCUT2D eigenvalue weighted by molar-refractivity contribution is -0.126. The van der Waals surface area contributed by atoms with Crippen molar-refractivity contribution in [3.63, 3.8) is 0 Å². The highest BCUT2D eigenvalue weighted by Gasteiger charge is 2.31. The number of halogens is 1. The van der Waals surface area contributed by atoms with Gasteiger partial charge in [-0.1, -0.05) is 13.0 Å². The molecule has 2 unspecified atom stereocenters. The number of carbonyl (C=O) groups is 1. The zero-order valence-electron chi connectivity index (χ0n) is 10.00. The molecule has 1 heterocycles. The summed E-state index contributed by atoms with van der Waals surface area (Å²) in [6.07, 6.45) is 0.635. The average molecular weight is 298 g/mol. The van der Waals surface area contributed by atoms with E-state index in [9.17, 15) is 4.79 Å². The molecule has 0 radical (unpaired) electrons. The van der Waals surface area contributed by atoms with Crippen molar-refractivity contribution in [3.8, 4) is 0 Å². The van der Waals surface area contributed by atoms with Gasteiger partial charge in [-0.05, 0) is 52.9 Å². The van der Waals surface area contributed by atoms with Crippen molar-refractivity contribution >= 4 is 27.5 Å². The van der Waals surface area contributed by atoms with E-state index < -0.39 is 0 Å². The Kier molecular flexibility index (Phi) is 3.84. The second kappa shape index (κ2) is 5.19. The van der Waals surface area contributed by atoms with Gasteiger partial charge in [-0.3, -0.25) is 4.79 Å². The quantitative estimate of drug-likeness (QED) is 0.911. The number of nitrogens with one attached hydrogen (secondary N) is 1. The van der Waals surface area contributed by atoms with Crippen LogP contribution in [0.1, 0.15) is 18.9 Å². The van der Waals surface area contributed by atoms with Crippen LogP contribution in [0.2, 0.25) is 0 Å². The van der Waals surface area contributed by atoms with Crippen LogP contribution in [0.3, 0.4) is 0 Å². The molecular formula is C13H16BrNO2. The third-order valence-corrected chi connectivity index (χ3v) is 3.68. The Labute approximate surface area is 110 Å². The average Bonchev–Trinajstić information content (AvgIpc) is 2.68. The van der Waals surface area contributed by atoms with Gasteiger partial charge in [-0.15, -0.1) is 0 Å².